The molecule has 0 bridgehead atoms. The highest BCUT2D eigenvalue weighted by Crippen LogP contribution is 2.36. The number of nitrogens with zero attached hydrogens (tertiary/aromatic N) is 2. The first kappa shape index (κ1) is 24.1. The largest absolute Gasteiger partial charge is 0.416 e. The second-order valence-electron chi connectivity index (χ2n) is 7.47. The Morgan fingerprint density at radius 3 is 2.51 bits per heavy atom. The molecule has 1 aliphatic rings. The van der Waals surface area contributed by atoms with Crippen LogP contribution in [0.1, 0.15) is 43.8 Å². The molecule has 2 aromatic carbocycles. The Kier molecular flexibility index (Phi) is 5.97. The number of anilines is 1. The molecule has 1 unspecified atom stereocenters. The minimum absolute atomic E-state index is 0.0178. The summed E-state index contributed by atoms with van der Waals surface area (Å²) in [5, 5.41) is 4.77. The van der Waals surface area contributed by atoms with Gasteiger partial charge in [-0.15, -0.1) is 0 Å². The Hall–Kier alpha value is -4.00. The molecule has 1 aromatic heterocycles. The van der Waals surface area contributed by atoms with Crippen LogP contribution >= 0.6 is 11.6 Å². The zero-order chi connectivity index (χ0) is 25.7. The lowest BCUT2D eigenvalue weighted by Gasteiger charge is -2.28. The van der Waals surface area contributed by atoms with Crippen LogP contribution in [0.3, 0.4) is 0 Å². The third-order valence-corrected chi connectivity index (χ3v) is 5.44. The first-order chi connectivity index (χ1) is 16.3. The first-order valence-corrected chi connectivity index (χ1v) is 10.1. The van der Waals surface area contributed by atoms with Crippen molar-refractivity contribution in [3.8, 4) is 0 Å². The summed E-state index contributed by atoms with van der Waals surface area (Å²) in [5.74, 6) is -5.78. The van der Waals surface area contributed by atoms with Crippen molar-refractivity contribution in [2.45, 2.75) is 18.8 Å². The van der Waals surface area contributed by atoms with E-state index < -0.39 is 65.1 Å². The van der Waals surface area contributed by atoms with Crippen molar-refractivity contribution in [1.29, 1.82) is 0 Å². The maximum Gasteiger partial charge on any atom is 0.416 e. The minimum atomic E-state index is -4.92. The van der Waals surface area contributed by atoms with Crippen molar-refractivity contribution in [1.82, 2.24) is 14.9 Å². The molecule has 1 atom stereocenters. The van der Waals surface area contributed by atoms with Crippen LogP contribution in [0.2, 0.25) is 5.02 Å². The molecule has 2 heterocycles. The molecular weight excluding hydrogens is 501 g/mol. The van der Waals surface area contributed by atoms with Gasteiger partial charge in [-0.1, -0.05) is 11.6 Å². The zero-order valence-electron chi connectivity index (χ0n) is 17.2. The second kappa shape index (κ2) is 8.65. The Morgan fingerprint density at radius 2 is 1.86 bits per heavy atom. The van der Waals surface area contributed by atoms with Crippen molar-refractivity contribution < 1.29 is 36.3 Å². The average Bonchev–Trinajstić information content (AvgIpc) is 3.12. The number of hydrogen-bond donors (Lipinski definition) is 3. The van der Waals surface area contributed by atoms with Gasteiger partial charge in [0.2, 0.25) is 11.7 Å². The zero-order valence-corrected chi connectivity index (χ0v) is 18.0. The van der Waals surface area contributed by atoms with E-state index in [-0.39, 0.29) is 28.2 Å². The molecule has 4 N–H and O–H groups in total. The fourth-order valence-corrected chi connectivity index (χ4v) is 3.87. The molecule has 4 rings (SSSR count). The van der Waals surface area contributed by atoms with E-state index in [9.17, 15) is 36.3 Å². The van der Waals surface area contributed by atoms with Gasteiger partial charge >= 0.3 is 6.18 Å². The van der Waals surface area contributed by atoms with E-state index in [2.05, 4.69) is 15.6 Å². The van der Waals surface area contributed by atoms with Crippen LogP contribution < -0.4 is 16.4 Å². The molecule has 0 saturated carbocycles. The fourth-order valence-electron chi connectivity index (χ4n) is 3.64. The number of carbonyl (C=O) groups is 3. The van der Waals surface area contributed by atoms with Crippen molar-refractivity contribution in [2.24, 2.45) is 5.73 Å². The fraction of sp³-hybridized carbons (Fsp3) is 0.143. The number of primary amides is 1. The van der Waals surface area contributed by atoms with E-state index in [4.69, 9.17) is 17.3 Å². The summed E-state index contributed by atoms with van der Waals surface area (Å²) < 4.78 is 68.0. The van der Waals surface area contributed by atoms with Crippen LogP contribution in [-0.2, 0) is 17.5 Å². The van der Waals surface area contributed by atoms with Gasteiger partial charge in [-0.05, 0) is 36.4 Å². The van der Waals surface area contributed by atoms with E-state index in [1.807, 2.05) is 0 Å². The van der Waals surface area contributed by atoms with Gasteiger partial charge in [0.15, 0.2) is 5.82 Å². The number of benzene rings is 2. The van der Waals surface area contributed by atoms with E-state index in [1.165, 1.54) is 6.07 Å². The molecule has 0 radical (unpaired) electrons. The van der Waals surface area contributed by atoms with Crippen molar-refractivity contribution >= 4 is 35.1 Å². The molecule has 35 heavy (non-hydrogen) atoms. The lowest BCUT2D eigenvalue weighted by atomic mass is 10.0. The molecule has 182 valence electrons. The van der Waals surface area contributed by atoms with Gasteiger partial charge in [0.25, 0.3) is 11.8 Å². The third kappa shape index (κ3) is 4.67. The second-order valence-corrected chi connectivity index (χ2v) is 7.87. The number of alkyl halides is 3. The Labute approximate surface area is 197 Å². The van der Waals surface area contributed by atoms with Gasteiger partial charge in [-0.25, -0.2) is 13.8 Å². The van der Waals surface area contributed by atoms with Crippen LogP contribution in [0.4, 0.5) is 27.8 Å². The van der Waals surface area contributed by atoms with Gasteiger partial charge in [0, 0.05) is 16.1 Å². The molecule has 3 aromatic rings. The predicted molar refractivity (Wildman–Crippen MR) is 111 cm³/mol. The molecule has 0 aliphatic carbocycles. The Balaban J connectivity index is 1.83. The average molecular weight is 514 g/mol. The van der Waals surface area contributed by atoms with Gasteiger partial charge in [-0.2, -0.15) is 13.2 Å². The number of rotatable bonds is 4. The smallest absolute Gasteiger partial charge is 0.363 e. The number of nitrogens with one attached hydrogen (secondary N) is 2. The van der Waals surface area contributed by atoms with E-state index in [1.54, 1.807) is 0 Å². The predicted octanol–water partition coefficient (Wildman–Crippen LogP) is 3.40. The summed E-state index contributed by atoms with van der Waals surface area (Å²) >= 11 is 6.17. The SMILES string of the molecule is NC(=O)c1nc(NC(=O)c2cc(F)cc(C(F)(F)F)c2)c2n1CC(=O)NC2c1cc(F)ccc1Cl. The van der Waals surface area contributed by atoms with E-state index >= 15 is 0 Å². The minimum Gasteiger partial charge on any atom is -0.363 e. The number of fused-ring (bicyclic) bond motifs is 1. The lowest BCUT2D eigenvalue weighted by molar-refractivity contribution is -0.137. The molecule has 1 aliphatic heterocycles. The maximum absolute atomic E-state index is 13.9. The van der Waals surface area contributed by atoms with Crippen molar-refractivity contribution in [3.05, 3.63) is 81.3 Å². The first-order valence-electron chi connectivity index (χ1n) is 9.69. The van der Waals surface area contributed by atoms with Crippen LogP contribution in [0.25, 0.3) is 0 Å². The van der Waals surface area contributed by atoms with Crippen LogP contribution in [0, 0.1) is 11.6 Å². The van der Waals surface area contributed by atoms with Crippen LogP contribution in [0.15, 0.2) is 36.4 Å². The number of amides is 3. The Bertz CT molecular complexity index is 1390. The quantitative estimate of drug-likeness (QED) is 0.463. The Morgan fingerprint density at radius 1 is 1.14 bits per heavy atom. The highest BCUT2D eigenvalue weighted by atomic mass is 35.5. The lowest BCUT2D eigenvalue weighted by Crippen LogP contribution is -2.40. The highest BCUT2D eigenvalue weighted by molar-refractivity contribution is 6.31. The molecular formula is C21H13ClF5N5O3. The van der Waals surface area contributed by atoms with Gasteiger partial charge < -0.3 is 20.9 Å². The van der Waals surface area contributed by atoms with Crippen molar-refractivity contribution in [2.75, 3.05) is 5.32 Å². The maximum atomic E-state index is 13.9. The number of carbonyl (C=O) groups excluding carboxylic acids is 3. The van der Waals surface area contributed by atoms with E-state index in [0.717, 1.165) is 16.7 Å². The summed E-state index contributed by atoms with van der Waals surface area (Å²) in [6.07, 6.45) is -4.92. The molecule has 0 saturated heterocycles. The number of aromatic nitrogens is 2. The van der Waals surface area contributed by atoms with Gasteiger partial charge in [0.1, 0.15) is 18.2 Å². The number of nitrogens with two attached hydrogens (primary N) is 1. The van der Waals surface area contributed by atoms with Crippen LogP contribution in [-0.4, -0.2) is 27.3 Å². The summed E-state index contributed by atoms with van der Waals surface area (Å²) in [6, 6.07) is 3.28. The third-order valence-electron chi connectivity index (χ3n) is 5.10. The normalized spacial score (nSPS) is 15.4. The van der Waals surface area contributed by atoms with Gasteiger partial charge in [-0.3, -0.25) is 14.4 Å². The number of hydrogen-bond acceptors (Lipinski definition) is 4. The monoisotopic (exact) mass is 513 g/mol. The molecule has 8 nitrogen and oxygen atoms in total. The van der Waals surface area contributed by atoms with E-state index in [0.29, 0.717) is 12.1 Å². The van der Waals surface area contributed by atoms with Crippen molar-refractivity contribution in [3.63, 3.8) is 0 Å². The van der Waals surface area contributed by atoms with Gasteiger partial charge in [0.05, 0.1) is 17.3 Å². The summed E-state index contributed by atoms with van der Waals surface area (Å²) in [5.41, 5.74) is 3.23. The summed E-state index contributed by atoms with van der Waals surface area (Å²) in [7, 11) is 0. The number of imidazole rings is 1. The highest BCUT2D eigenvalue weighted by Gasteiger charge is 2.36. The summed E-state index contributed by atoms with van der Waals surface area (Å²) in [6.45, 7) is -0.460. The molecule has 0 fully saturated rings. The molecule has 14 heteroatoms. The molecule has 3 amide bonds. The summed E-state index contributed by atoms with van der Waals surface area (Å²) in [4.78, 5) is 40.9. The molecule has 0 spiro atoms. The number of halogens is 6. The van der Waals surface area contributed by atoms with Crippen LogP contribution in [0.5, 0.6) is 0 Å². The topological polar surface area (TPSA) is 119 Å². The standard InChI is InChI=1S/C21H13ClF5N5O3/c22-13-2-1-10(23)6-12(13)15-16-18(30-19(17(28)34)32(16)7-14(33)29-15)31-20(35)8-3-9(21(25,26)27)5-11(24)4-8/h1-6,15H,7H2,(H2,28,34)(H,29,33)(H,31,35).